The number of carbonyl (C=O) groups is 2. The molecule has 2 rings (SSSR count). The molecule has 0 amide bonds. The van der Waals surface area contributed by atoms with Crippen molar-refractivity contribution >= 4 is 23.7 Å². The number of nitrogens with zero attached hydrogens (tertiary/aromatic N) is 1. The normalized spacial score (nSPS) is 22.5. The molecule has 1 aromatic rings. The van der Waals surface area contributed by atoms with Crippen LogP contribution in [0.15, 0.2) is 45.2 Å². The lowest BCUT2D eigenvalue weighted by Gasteiger charge is -2.26. The Balaban J connectivity index is 2.47. The van der Waals surface area contributed by atoms with Crippen LogP contribution in [0, 0.1) is 11.8 Å². The Labute approximate surface area is 121 Å². The summed E-state index contributed by atoms with van der Waals surface area (Å²) in [5, 5.41) is 18.7. The molecule has 2 heterocycles. The van der Waals surface area contributed by atoms with E-state index in [4.69, 9.17) is 4.42 Å². The van der Waals surface area contributed by atoms with Crippen molar-refractivity contribution in [2.24, 2.45) is 16.8 Å². The molecular weight excluding hydrogens is 274 g/mol. The van der Waals surface area contributed by atoms with Gasteiger partial charge in [0.15, 0.2) is 0 Å². The molecule has 0 aliphatic carbocycles. The molecule has 110 valence electrons. The molecule has 2 atom stereocenters. The van der Waals surface area contributed by atoms with Gasteiger partial charge in [-0.05, 0) is 32.1 Å². The van der Waals surface area contributed by atoms with E-state index in [0.717, 1.165) is 0 Å². The Morgan fingerprint density at radius 1 is 1.33 bits per heavy atom. The van der Waals surface area contributed by atoms with Gasteiger partial charge in [-0.3, -0.25) is 9.79 Å². The van der Waals surface area contributed by atoms with Crippen LogP contribution >= 0.6 is 0 Å². The molecule has 0 bridgehead atoms. The summed E-state index contributed by atoms with van der Waals surface area (Å²) in [6, 6.07) is 3.40. The predicted molar refractivity (Wildman–Crippen MR) is 75.8 cm³/mol. The fraction of sp³-hybridized carbons (Fsp3) is 0.267. The molecule has 6 nitrogen and oxygen atoms in total. The maximum atomic E-state index is 11.5. The van der Waals surface area contributed by atoms with E-state index in [1.165, 1.54) is 6.26 Å². The molecule has 0 saturated heterocycles. The van der Waals surface area contributed by atoms with Crippen molar-refractivity contribution in [3.05, 3.63) is 41.5 Å². The Bertz CT molecular complexity index is 652. The van der Waals surface area contributed by atoms with Crippen molar-refractivity contribution in [1.82, 2.24) is 0 Å². The second kappa shape index (κ2) is 5.78. The number of allylic oxidation sites excluding steroid dienone is 2. The van der Waals surface area contributed by atoms with Crippen LogP contribution in [0.2, 0.25) is 0 Å². The zero-order valence-corrected chi connectivity index (χ0v) is 11.6. The van der Waals surface area contributed by atoms with Crippen molar-refractivity contribution in [2.45, 2.75) is 13.8 Å². The van der Waals surface area contributed by atoms with Crippen molar-refractivity contribution in [1.29, 1.82) is 0 Å². The summed E-state index contributed by atoms with van der Waals surface area (Å²) in [6.45, 7) is 3.16. The number of aliphatic imine (C=N–C) groups is 1. The Morgan fingerprint density at radius 3 is 2.57 bits per heavy atom. The fourth-order valence-electron chi connectivity index (χ4n) is 2.48. The van der Waals surface area contributed by atoms with E-state index < -0.39 is 23.8 Å². The summed E-state index contributed by atoms with van der Waals surface area (Å²) >= 11 is 0. The number of aliphatic carboxylic acids is 2. The summed E-state index contributed by atoms with van der Waals surface area (Å²) in [7, 11) is 0. The molecule has 21 heavy (non-hydrogen) atoms. The van der Waals surface area contributed by atoms with Gasteiger partial charge in [0, 0.05) is 17.3 Å². The molecule has 2 unspecified atom stereocenters. The first-order valence-electron chi connectivity index (χ1n) is 6.35. The highest BCUT2D eigenvalue weighted by molar-refractivity contribution is 6.05. The lowest BCUT2D eigenvalue weighted by Crippen LogP contribution is -2.35. The summed E-state index contributed by atoms with van der Waals surface area (Å²) in [5.74, 6) is -3.52. The van der Waals surface area contributed by atoms with Crippen LogP contribution in [-0.4, -0.2) is 27.9 Å². The van der Waals surface area contributed by atoms with Gasteiger partial charge in [-0.2, -0.15) is 0 Å². The Morgan fingerprint density at radius 2 is 2.05 bits per heavy atom. The van der Waals surface area contributed by atoms with Crippen LogP contribution in [0.3, 0.4) is 0 Å². The topological polar surface area (TPSA) is 100 Å². The van der Waals surface area contributed by atoms with Crippen LogP contribution in [-0.2, 0) is 9.59 Å². The number of furan rings is 1. The second-order valence-corrected chi connectivity index (χ2v) is 4.77. The van der Waals surface area contributed by atoms with Crippen LogP contribution in [0.4, 0.5) is 0 Å². The van der Waals surface area contributed by atoms with E-state index in [9.17, 15) is 19.8 Å². The maximum absolute atomic E-state index is 11.5. The molecule has 0 radical (unpaired) electrons. The lowest BCUT2D eigenvalue weighted by molar-refractivity contribution is -0.140. The van der Waals surface area contributed by atoms with Gasteiger partial charge in [0.05, 0.1) is 11.8 Å². The zero-order valence-electron chi connectivity index (χ0n) is 11.6. The van der Waals surface area contributed by atoms with Gasteiger partial charge in [-0.1, -0.05) is 6.08 Å². The van der Waals surface area contributed by atoms with Gasteiger partial charge in [-0.25, -0.2) is 4.79 Å². The van der Waals surface area contributed by atoms with E-state index in [2.05, 4.69) is 4.99 Å². The van der Waals surface area contributed by atoms with Gasteiger partial charge >= 0.3 is 11.9 Å². The van der Waals surface area contributed by atoms with E-state index in [0.29, 0.717) is 17.2 Å². The van der Waals surface area contributed by atoms with Crippen LogP contribution < -0.4 is 0 Å². The number of carboxylic acids is 2. The molecule has 0 fully saturated rings. The third-order valence-corrected chi connectivity index (χ3v) is 3.38. The molecule has 0 aromatic carbocycles. The minimum absolute atomic E-state index is 0.00388. The van der Waals surface area contributed by atoms with Crippen molar-refractivity contribution in [2.75, 3.05) is 0 Å². The summed E-state index contributed by atoms with van der Waals surface area (Å²) < 4.78 is 5.14. The summed E-state index contributed by atoms with van der Waals surface area (Å²) in [5.41, 5.74) is 0.710. The largest absolute Gasteiger partial charge is 0.481 e. The number of rotatable bonds is 4. The SMILES string of the molecule is CC1=NC(C)=C(C(=O)O)C(C=Cc2ccco2)C1C(=O)O. The smallest absolute Gasteiger partial charge is 0.334 e. The predicted octanol–water partition coefficient (Wildman–Crippen LogP) is 2.44. The summed E-state index contributed by atoms with van der Waals surface area (Å²) in [6.07, 6.45) is 4.61. The van der Waals surface area contributed by atoms with Gasteiger partial charge < -0.3 is 14.6 Å². The van der Waals surface area contributed by atoms with E-state index in [1.54, 1.807) is 38.1 Å². The highest BCUT2D eigenvalue weighted by Crippen LogP contribution is 2.32. The monoisotopic (exact) mass is 289 g/mol. The average Bonchev–Trinajstić information content (AvgIpc) is 2.87. The first-order valence-corrected chi connectivity index (χ1v) is 6.35. The Hall–Kier alpha value is -2.63. The number of hydrogen-bond acceptors (Lipinski definition) is 4. The van der Waals surface area contributed by atoms with E-state index in [-0.39, 0.29) is 5.57 Å². The summed E-state index contributed by atoms with van der Waals surface area (Å²) in [4.78, 5) is 27.0. The molecule has 0 saturated carbocycles. The van der Waals surface area contributed by atoms with Crippen molar-refractivity contribution < 1.29 is 24.2 Å². The quantitative estimate of drug-likeness (QED) is 0.886. The van der Waals surface area contributed by atoms with Gasteiger partial charge in [-0.15, -0.1) is 0 Å². The zero-order chi connectivity index (χ0) is 15.6. The van der Waals surface area contributed by atoms with E-state index >= 15 is 0 Å². The first kappa shape index (κ1) is 14.8. The number of carboxylic acid groups (broad SMARTS) is 2. The third kappa shape index (κ3) is 2.94. The van der Waals surface area contributed by atoms with Crippen molar-refractivity contribution in [3.8, 4) is 0 Å². The maximum Gasteiger partial charge on any atom is 0.334 e. The molecule has 1 aliphatic heterocycles. The first-order chi connectivity index (χ1) is 9.91. The minimum Gasteiger partial charge on any atom is -0.481 e. The van der Waals surface area contributed by atoms with Crippen LogP contribution in [0.5, 0.6) is 0 Å². The minimum atomic E-state index is -1.16. The molecule has 1 aromatic heterocycles. The molecule has 6 heteroatoms. The second-order valence-electron chi connectivity index (χ2n) is 4.77. The average molecular weight is 289 g/mol. The third-order valence-electron chi connectivity index (χ3n) is 3.38. The highest BCUT2D eigenvalue weighted by atomic mass is 16.4. The van der Waals surface area contributed by atoms with Gasteiger partial charge in [0.1, 0.15) is 11.7 Å². The van der Waals surface area contributed by atoms with Gasteiger partial charge in [0.2, 0.25) is 0 Å². The fourth-order valence-corrected chi connectivity index (χ4v) is 2.48. The molecule has 0 spiro atoms. The lowest BCUT2D eigenvalue weighted by atomic mass is 9.79. The van der Waals surface area contributed by atoms with Crippen LogP contribution in [0.25, 0.3) is 6.08 Å². The van der Waals surface area contributed by atoms with Crippen LogP contribution in [0.1, 0.15) is 19.6 Å². The van der Waals surface area contributed by atoms with Crippen molar-refractivity contribution in [3.63, 3.8) is 0 Å². The highest BCUT2D eigenvalue weighted by Gasteiger charge is 2.38. The van der Waals surface area contributed by atoms with E-state index in [1.807, 2.05) is 0 Å². The molecule has 1 aliphatic rings. The standard InChI is InChI=1S/C15H15NO5/c1-8-12(14(17)18)11(6-5-10-4-3-7-21-10)13(15(19)20)9(2)16-8/h3-7,11-12H,1-2H3,(H,17,18)(H,19,20). The van der Waals surface area contributed by atoms with Gasteiger partial charge in [0.25, 0.3) is 0 Å². The molecule has 2 N–H and O–H groups in total. The molecular formula is C15H15NO5. The Kier molecular flexibility index (Phi) is 4.07. The number of hydrogen-bond donors (Lipinski definition) is 2.